The molecule has 0 atom stereocenters. The van der Waals surface area contributed by atoms with Crippen LogP contribution in [0.4, 0.5) is 5.13 Å². The highest BCUT2D eigenvalue weighted by atomic mass is 32.1. The van der Waals surface area contributed by atoms with Crippen LogP contribution in [0.2, 0.25) is 0 Å². The van der Waals surface area contributed by atoms with Gasteiger partial charge in [-0.15, -0.1) is 18.9 Å². The van der Waals surface area contributed by atoms with Crippen molar-refractivity contribution < 1.29 is 4.74 Å². The molecule has 0 bridgehead atoms. The lowest BCUT2D eigenvalue weighted by Gasteiger charge is -2.09. The fraction of sp³-hybridized carbons (Fsp3) is 0.400. The van der Waals surface area contributed by atoms with E-state index in [1.165, 1.54) is 0 Å². The molecular weight excluding hydrogens is 418 g/mol. The molecule has 0 saturated carbocycles. The number of hydrazone groups is 1. The van der Waals surface area contributed by atoms with Crippen molar-refractivity contribution in [2.45, 2.75) is 34.1 Å². The highest BCUT2D eigenvalue weighted by molar-refractivity contribution is 7.22. The van der Waals surface area contributed by atoms with Crippen LogP contribution in [0.1, 0.15) is 34.1 Å². The third-order valence-electron chi connectivity index (χ3n) is 3.47. The zero-order valence-corrected chi connectivity index (χ0v) is 21.1. The summed E-state index contributed by atoms with van der Waals surface area (Å²) in [5.74, 6) is 2.25. The van der Waals surface area contributed by atoms with E-state index in [-0.39, 0.29) is 0 Å². The van der Waals surface area contributed by atoms with E-state index in [1.807, 2.05) is 58.4 Å². The number of nitrogens with one attached hydrogen (secondary N) is 1. The van der Waals surface area contributed by atoms with Crippen LogP contribution in [0.25, 0.3) is 10.2 Å². The van der Waals surface area contributed by atoms with E-state index in [1.54, 1.807) is 24.3 Å². The van der Waals surface area contributed by atoms with Gasteiger partial charge in [0, 0.05) is 12.8 Å². The van der Waals surface area contributed by atoms with Gasteiger partial charge < -0.3 is 9.64 Å². The predicted molar refractivity (Wildman–Crippen MR) is 143 cm³/mol. The summed E-state index contributed by atoms with van der Waals surface area (Å²) in [6, 6.07) is 8.04. The number of likely N-dealkylation sites (N-methyl/N-ethyl adjacent to an activating group) is 1. The minimum absolute atomic E-state index is 0.512. The summed E-state index contributed by atoms with van der Waals surface area (Å²) < 4.78 is 6.77. The van der Waals surface area contributed by atoms with Gasteiger partial charge in [-0.2, -0.15) is 5.10 Å². The van der Waals surface area contributed by atoms with Crippen LogP contribution in [0.15, 0.2) is 58.8 Å². The molecule has 0 unspecified atom stereocenters. The molecule has 0 aliphatic carbocycles. The lowest BCUT2D eigenvalue weighted by molar-refractivity contribution is 0.141. The number of anilines is 1. The average molecular weight is 456 g/mol. The van der Waals surface area contributed by atoms with Gasteiger partial charge in [-0.25, -0.2) is 4.98 Å². The van der Waals surface area contributed by atoms with Gasteiger partial charge in [0.1, 0.15) is 0 Å². The number of nitrogens with zero attached hydrogens (tertiary/aromatic N) is 4. The summed E-state index contributed by atoms with van der Waals surface area (Å²) in [7, 11) is 4.06. The van der Waals surface area contributed by atoms with Gasteiger partial charge in [0.25, 0.3) is 0 Å². The molecule has 32 heavy (non-hydrogen) atoms. The van der Waals surface area contributed by atoms with Gasteiger partial charge in [-0.05, 0) is 59.5 Å². The van der Waals surface area contributed by atoms with Gasteiger partial charge in [-0.1, -0.05) is 36.5 Å². The first-order chi connectivity index (χ1) is 15.4. The van der Waals surface area contributed by atoms with Gasteiger partial charge in [0.05, 0.1) is 34.8 Å². The normalized spacial score (nSPS) is 11.4. The molecule has 2 rings (SSSR count). The molecule has 0 amide bonds. The third-order valence-corrected chi connectivity index (χ3v) is 4.42. The van der Waals surface area contributed by atoms with Crippen LogP contribution >= 0.6 is 11.3 Å². The van der Waals surface area contributed by atoms with Gasteiger partial charge in [-0.3, -0.25) is 10.4 Å². The summed E-state index contributed by atoms with van der Waals surface area (Å²) >= 11 is 1.58. The maximum atomic E-state index is 5.63. The Morgan fingerprint density at radius 1 is 1.38 bits per heavy atom. The minimum Gasteiger partial charge on any atom is -0.376 e. The van der Waals surface area contributed by atoms with Crippen LogP contribution in [-0.2, 0) is 4.74 Å². The Kier molecular flexibility index (Phi) is 17.3. The SMILES string of the molecule is C#CC.C=CC.CCC=NC(=C\COCCN(C)C)/C(C)=N/Nc1nc2ccccc2s1. The number of ether oxygens (including phenoxy) is 1. The number of terminal acetylenes is 1. The number of rotatable bonds is 10. The molecule has 6 nitrogen and oxygen atoms in total. The van der Waals surface area contributed by atoms with Crippen molar-refractivity contribution in [3.63, 3.8) is 0 Å². The Morgan fingerprint density at radius 2 is 2.03 bits per heavy atom. The van der Waals surface area contributed by atoms with E-state index in [9.17, 15) is 0 Å². The van der Waals surface area contributed by atoms with Crippen LogP contribution < -0.4 is 5.43 Å². The number of hydrogen-bond acceptors (Lipinski definition) is 7. The molecule has 1 heterocycles. The molecule has 0 aliphatic heterocycles. The van der Waals surface area contributed by atoms with Crippen molar-refractivity contribution in [1.29, 1.82) is 0 Å². The maximum absolute atomic E-state index is 5.63. The van der Waals surface area contributed by atoms with Gasteiger partial charge in [0.15, 0.2) is 0 Å². The third kappa shape index (κ3) is 13.5. The molecule has 0 radical (unpaired) electrons. The fourth-order valence-corrected chi connectivity index (χ4v) is 2.87. The highest BCUT2D eigenvalue weighted by Crippen LogP contribution is 2.25. The number of aromatic nitrogens is 1. The molecule has 0 spiro atoms. The molecule has 174 valence electrons. The molecule has 0 saturated heterocycles. The second kappa shape index (κ2) is 18.9. The van der Waals surface area contributed by atoms with E-state index in [2.05, 4.69) is 57.3 Å². The fourth-order valence-electron chi connectivity index (χ4n) is 2.06. The number of hydrogen-bond donors (Lipinski definition) is 1. The Bertz CT molecular complexity index is 873. The Balaban J connectivity index is 0.00000144. The van der Waals surface area contributed by atoms with Crippen molar-refractivity contribution in [2.24, 2.45) is 10.1 Å². The van der Waals surface area contributed by atoms with E-state index in [0.29, 0.717) is 13.2 Å². The highest BCUT2D eigenvalue weighted by Gasteiger charge is 2.04. The Morgan fingerprint density at radius 3 is 2.62 bits per heavy atom. The first-order valence-electron chi connectivity index (χ1n) is 10.5. The standard InChI is InChI=1S/C19H27N5OS.C3H6.C3H4/c1-5-11-20-16(10-13-25-14-12-24(3)4)15(2)22-23-19-21-17-8-6-7-9-18(17)26-19;2*1-3-2/h6-11H,5,12-14H2,1-4H3,(H,21,23);3H,1H2,2H3;1H,2H3/b16-10-,20-11?,22-15+;;. The summed E-state index contributed by atoms with van der Waals surface area (Å²) in [4.78, 5) is 11.1. The smallest absolute Gasteiger partial charge is 0.204 e. The summed E-state index contributed by atoms with van der Waals surface area (Å²) in [5.41, 5.74) is 5.62. The molecule has 1 aromatic carbocycles. The van der Waals surface area contributed by atoms with E-state index < -0.39 is 0 Å². The number of para-hydroxylation sites is 1. The quantitative estimate of drug-likeness (QED) is 0.160. The summed E-state index contributed by atoms with van der Waals surface area (Å²) in [5, 5.41) is 5.21. The van der Waals surface area contributed by atoms with Gasteiger partial charge >= 0.3 is 0 Å². The van der Waals surface area contributed by atoms with E-state index >= 15 is 0 Å². The number of aliphatic imine (C=N–C) groups is 1. The largest absolute Gasteiger partial charge is 0.376 e. The second-order valence-electron chi connectivity index (χ2n) is 6.68. The molecular formula is C25H37N5OS. The molecule has 0 aliphatic rings. The van der Waals surface area contributed by atoms with Crippen molar-refractivity contribution in [3.8, 4) is 12.3 Å². The zero-order chi connectivity index (χ0) is 24.2. The van der Waals surface area contributed by atoms with Crippen LogP contribution in [-0.4, -0.2) is 55.7 Å². The van der Waals surface area contributed by atoms with E-state index in [0.717, 1.165) is 39.7 Å². The molecule has 1 aromatic heterocycles. The second-order valence-corrected chi connectivity index (χ2v) is 7.71. The molecule has 7 heteroatoms. The van der Waals surface area contributed by atoms with Gasteiger partial charge in [0.2, 0.25) is 5.13 Å². The topological polar surface area (TPSA) is 62.1 Å². The van der Waals surface area contributed by atoms with Crippen molar-refractivity contribution >= 4 is 38.6 Å². The number of benzene rings is 1. The molecule has 0 fully saturated rings. The van der Waals surface area contributed by atoms with Crippen molar-refractivity contribution in [3.05, 3.63) is 48.7 Å². The van der Waals surface area contributed by atoms with Crippen LogP contribution in [0.5, 0.6) is 0 Å². The summed E-state index contributed by atoms with van der Waals surface area (Å²) in [6.07, 6.45) is 11.1. The minimum atomic E-state index is 0.512. The van der Waals surface area contributed by atoms with Crippen LogP contribution in [0.3, 0.4) is 0 Å². The molecule has 1 N–H and O–H groups in total. The maximum Gasteiger partial charge on any atom is 0.204 e. The van der Waals surface area contributed by atoms with Crippen molar-refractivity contribution in [2.75, 3.05) is 39.3 Å². The Hall–Kier alpha value is -2.79. The first-order valence-corrected chi connectivity index (χ1v) is 11.3. The number of allylic oxidation sites excluding steroid dienone is 2. The summed E-state index contributed by atoms with van der Waals surface area (Å²) in [6.45, 7) is 13.0. The lowest BCUT2D eigenvalue weighted by atomic mass is 10.3. The van der Waals surface area contributed by atoms with Crippen LogP contribution in [0, 0.1) is 12.3 Å². The van der Waals surface area contributed by atoms with E-state index in [4.69, 9.17) is 4.74 Å². The first kappa shape index (κ1) is 29.2. The van der Waals surface area contributed by atoms with Crippen molar-refractivity contribution in [1.82, 2.24) is 9.88 Å². The average Bonchev–Trinajstić information content (AvgIpc) is 3.18. The lowest BCUT2D eigenvalue weighted by Crippen LogP contribution is -2.18. The molecule has 2 aromatic rings. The predicted octanol–water partition coefficient (Wildman–Crippen LogP) is 5.86. The number of thiazole rings is 1. The Labute approximate surface area is 197 Å². The number of fused-ring (bicyclic) bond motifs is 1. The monoisotopic (exact) mass is 455 g/mol. The zero-order valence-electron chi connectivity index (χ0n) is 20.3.